The molecule has 168 valence electrons. The lowest BCUT2D eigenvalue weighted by Crippen LogP contribution is -2.64. The number of para-hydroxylation sites is 1. The Morgan fingerprint density at radius 1 is 1.00 bits per heavy atom. The molecule has 2 amide bonds. The molecule has 8 heteroatoms. The van der Waals surface area contributed by atoms with E-state index in [1.54, 1.807) is 17.0 Å². The van der Waals surface area contributed by atoms with Crippen LogP contribution in [0.4, 0.5) is 5.69 Å². The van der Waals surface area contributed by atoms with Crippen LogP contribution in [0.25, 0.3) is 10.9 Å². The van der Waals surface area contributed by atoms with Crippen molar-refractivity contribution in [2.75, 3.05) is 6.54 Å². The molecule has 1 aromatic heterocycles. The maximum atomic E-state index is 13.7. The first-order valence-corrected chi connectivity index (χ1v) is 11.5. The molecule has 0 radical (unpaired) electrons. The Labute approximate surface area is 190 Å². The molecule has 2 aliphatic heterocycles. The molecule has 0 unspecified atom stereocenters. The standard InChI is InChI=1S/C25H24N4O4/c30-22-14-27(16-5-1-2-6-16)25(31)21-13-19-18-7-3-4-8-20(18)26-23(19)24(28(21)22)15-9-11-17(12-10-15)29(32)33/h3-4,7-12,16,21,24,26H,1-2,5-6,13-14H2/t21-,24-/m0/s1. The van der Waals surface area contributed by atoms with E-state index in [0.29, 0.717) is 6.42 Å². The number of nitrogens with zero attached hydrogens (tertiary/aromatic N) is 3. The minimum Gasteiger partial charge on any atom is -0.356 e. The van der Waals surface area contributed by atoms with Crippen molar-refractivity contribution in [1.29, 1.82) is 0 Å². The molecule has 3 aliphatic rings. The summed E-state index contributed by atoms with van der Waals surface area (Å²) in [5.41, 5.74) is 3.65. The Bertz CT molecular complexity index is 1280. The maximum absolute atomic E-state index is 13.7. The van der Waals surface area contributed by atoms with Crippen LogP contribution in [0.3, 0.4) is 0 Å². The summed E-state index contributed by atoms with van der Waals surface area (Å²) < 4.78 is 0. The van der Waals surface area contributed by atoms with Gasteiger partial charge >= 0.3 is 0 Å². The number of aromatic nitrogens is 1. The highest BCUT2D eigenvalue weighted by Crippen LogP contribution is 2.43. The van der Waals surface area contributed by atoms with Crippen LogP contribution in [0.15, 0.2) is 48.5 Å². The van der Waals surface area contributed by atoms with E-state index in [0.717, 1.165) is 53.4 Å². The number of carbonyl (C=O) groups is 2. The number of nitrogens with one attached hydrogen (secondary N) is 1. The molecule has 1 saturated carbocycles. The topological polar surface area (TPSA) is 99.5 Å². The van der Waals surface area contributed by atoms with Crippen molar-refractivity contribution in [3.63, 3.8) is 0 Å². The highest BCUT2D eigenvalue weighted by atomic mass is 16.6. The van der Waals surface area contributed by atoms with E-state index in [4.69, 9.17) is 0 Å². The molecule has 1 aliphatic carbocycles. The number of H-pyrrole nitrogens is 1. The fourth-order valence-electron chi connectivity index (χ4n) is 5.94. The molecular weight excluding hydrogens is 420 g/mol. The Morgan fingerprint density at radius 3 is 2.45 bits per heavy atom. The van der Waals surface area contributed by atoms with Crippen molar-refractivity contribution in [3.05, 3.63) is 75.5 Å². The maximum Gasteiger partial charge on any atom is 0.269 e. The first-order chi connectivity index (χ1) is 16.0. The number of benzene rings is 2. The third kappa shape index (κ3) is 3.04. The molecule has 1 N–H and O–H groups in total. The number of rotatable bonds is 3. The summed E-state index contributed by atoms with van der Waals surface area (Å²) in [5, 5.41) is 12.2. The minimum absolute atomic E-state index is 0.00330. The van der Waals surface area contributed by atoms with Crippen LogP contribution in [-0.2, 0) is 16.0 Å². The number of hydrogen-bond donors (Lipinski definition) is 1. The predicted molar refractivity (Wildman–Crippen MR) is 122 cm³/mol. The third-order valence-corrected chi connectivity index (χ3v) is 7.48. The molecule has 1 saturated heterocycles. The number of carbonyl (C=O) groups excluding carboxylic acids is 2. The van der Waals surface area contributed by atoms with E-state index in [2.05, 4.69) is 4.98 Å². The van der Waals surface area contributed by atoms with Crippen molar-refractivity contribution < 1.29 is 14.5 Å². The van der Waals surface area contributed by atoms with Crippen LogP contribution >= 0.6 is 0 Å². The van der Waals surface area contributed by atoms with Gasteiger partial charge in [0.2, 0.25) is 11.8 Å². The fraction of sp³-hybridized carbons (Fsp3) is 0.360. The first-order valence-electron chi connectivity index (χ1n) is 11.5. The largest absolute Gasteiger partial charge is 0.356 e. The number of nitro benzene ring substituents is 1. The Morgan fingerprint density at radius 2 is 1.73 bits per heavy atom. The first kappa shape index (κ1) is 20.0. The van der Waals surface area contributed by atoms with Gasteiger partial charge in [-0.25, -0.2) is 0 Å². The van der Waals surface area contributed by atoms with Gasteiger partial charge in [0.15, 0.2) is 0 Å². The van der Waals surface area contributed by atoms with Crippen LogP contribution in [0, 0.1) is 10.1 Å². The molecule has 6 rings (SSSR count). The smallest absolute Gasteiger partial charge is 0.269 e. The molecular formula is C25H24N4O4. The monoisotopic (exact) mass is 444 g/mol. The highest BCUT2D eigenvalue weighted by Gasteiger charge is 2.49. The van der Waals surface area contributed by atoms with E-state index >= 15 is 0 Å². The van der Waals surface area contributed by atoms with E-state index in [1.165, 1.54) is 12.1 Å². The van der Waals surface area contributed by atoms with Crippen LogP contribution < -0.4 is 0 Å². The van der Waals surface area contributed by atoms with Crippen molar-refractivity contribution in [2.45, 2.75) is 50.2 Å². The van der Waals surface area contributed by atoms with Crippen LogP contribution in [0.1, 0.15) is 48.5 Å². The molecule has 0 spiro atoms. The average Bonchev–Trinajstić information content (AvgIpc) is 3.48. The second kappa shape index (κ2) is 7.43. The zero-order chi connectivity index (χ0) is 22.7. The number of nitro groups is 1. The second-order valence-corrected chi connectivity index (χ2v) is 9.24. The Kier molecular flexibility index (Phi) is 4.50. The quantitative estimate of drug-likeness (QED) is 0.492. The third-order valence-electron chi connectivity index (χ3n) is 7.48. The van der Waals surface area contributed by atoms with Gasteiger partial charge in [-0.3, -0.25) is 19.7 Å². The lowest BCUT2D eigenvalue weighted by molar-refractivity contribution is -0.384. The molecule has 33 heavy (non-hydrogen) atoms. The number of fused-ring (bicyclic) bond motifs is 4. The van der Waals surface area contributed by atoms with Crippen molar-refractivity contribution in [1.82, 2.24) is 14.8 Å². The minimum atomic E-state index is -0.571. The summed E-state index contributed by atoms with van der Waals surface area (Å²) in [5.74, 6) is -0.0523. The van der Waals surface area contributed by atoms with Gasteiger partial charge in [-0.15, -0.1) is 0 Å². The molecule has 3 heterocycles. The van der Waals surface area contributed by atoms with E-state index in [1.807, 2.05) is 29.2 Å². The van der Waals surface area contributed by atoms with Crippen molar-refractivity contribution >= 4 is 28.4 Å². The molecule has 2 fully saturated rings. The van der Waals surface area contributed by atoms with Gasteiger partial charge < -0.3 is 14.8 Å². The van der Waals surface area contributed by atoms with Gasteiger partial charge in [0, 0.05) is 41.2 Å². The summed E-state index contributed by atoms with van der Waals surface area (Å²) in [6.45, 7) is 0.0963. The number of piperazine rings is 1. The van der Waals surface area contributed by atoms with Gasteiger partial charge in [-0.2, -0.15) is 0 Å². The van der Waals surface area contributed by atoms with Crippen molar-refractivity contribution in [3.8, 4) is 0 Å². The number of non-ortho nitro benzene ring substituents is 1. The van der Waals surface area contributed by atoms with Gasteiger partial charge in [0.1, 0.15) is 12.6 Å². The number of amides is 2. The van der Waals surface area contributed by atoms with Gasteiger partial charge in [0.25, 0.3) is 5.69 Å². The Balaban J connectivity index is 1.49. The van der Waals surface area contributed by atoms with Crippen LogP contribution in [0.5, 0.6) is 0 Å². The summed E-state index contributed by atoms with van der Waals surface area (Å²) in [4.78, 5) is 45.0. The molecule has 3 aromatic rings. The van der Waals surface area contributed by atoms with Gasteiger partial charge in [-0.05, 0) is 42.2 Å². The van der Waals surface area contributed by atoms with Gasteiger partial charge in [-0.1, -0.05) is 31.0 Å². The fourth-order valence-corrected chi connectivity index (χ4v) is 5.94. The number of aromatic amines is 1. The van der Waals surface area contributed by atoms with E-state index in [9.17, 15) is 19.7 Å². The average molecular weight is 444 g/mol. The van der Waals surface area contributed by atoms with E-state index < -0.39 is 17.0 Å². The SMILES string of the molecule is O=C1[C@@H]2Cc3c([nH]c4ccccc34)[C@H](c3ccc([N+](=O)[O-])cc3)N2C(=O)CN1C1CCCC1. The second-order valence-electron chi connectivity index (χ2n) is 9.24. The highest BCUT2D eigenvalue weighted by molar-refractivity contribution is 5.97. The molecule has 0 bridgehead atoms. The zero-order valence-electron chi connectivity index (χ0n) is 18.1. The summed E-state index contributed by atoms with van der Waals surface area (Å²) in [7, 11) is 0. The summed E-state index contributed by atoms with van der Waals surface area (Å²) in [6.07, 6.45) is 4.56. The Hall–Kier alpha value is -3.68. The van der Waals surface area contributed by atoms with Crippen LogP contribution in [-0.4, -0.2) is 50.1 Å². The summed E-state index contributed by atoms with van der Waals surface area (Å²) in [6, 6.07) is 13.4. The molecule has 8 nitrogen and oxygen atoms in total. The van der Waals surface area contributed by atoms with E-state index in [-0.39, 0.29) is 30.1 Å². The lowest BCUT2D eigenvalue weighted by atomic mass is 9.86. The lowest BCUT2D eigenvalue weighted by Gasteiger charge is -2.48. The van der Waals surface area contributed by atoms with Crippen molar-refractivity contribution in [2.24, 2.45) is 0 Å². The predicted octanol–water partition coefficient (Wildman–Crippen LogP) is 3.70. The zero-order valence-corrected chi connectivity index (χ0v) is 18.1. The molecule has 2 aromatic carbocycles. The van der Waals surface area contributed by atoms with Crippen LogP contribution in [0.2, 0.25) is 0 Å². The van der Waals surface area contributed by atoms with Gasteiger partial charge in [0.05, 0.1) is 11.0 Å². The molecule has 2 atom stereocenters. The normalized spacial score (nSPS) is 23.2. The number of hydrogen-bond acceptors (Lipinski definition) is 4. The summed E-state index contributed by atoms with van der Waals surface area (Å²) >= 11 is 0.